The molecule has 0 aromatic rings. The van der Waals surface area contributed by atoms with E-state index in [0.29, 0.717) is 6.42 Å². The Labute approximate surface area is 60.2 Å². The zero-order valence-electron chi connectivity index (χ0n) is 6.29. The van der Waals surface area contributed by atoms with Crippen LogP contribution in [0, 0.1) is 5.92 Å². The molecule has 4 heteroatoms. The van der Waals surface area contributed by atoms with Crippen molar-refractivity contribution < 1.29 is 14.4 Å². The lowest BCUT2D eigenvalue weighted by Crippen LogP contribution is -2.22. The molecule has 0 saturated carbocycles. The predicted octanol–water partition coefficient (Wildman–Crippen LogP) is 0.0759. The molecule has 2 N–H and O–H groups in total. The molecule has 60 valence electrons. The highest BCUT2D eigenvalue weighted by Crippen LogP contribution is 2.03. The van der Waals surface area contributed by atoms with E-state index in [-0.39, 0.29) is 18.5 Å². The van der Waals surface area contributed by atoms with Crippen LogP contribution in [0.15, 0.2) is 0 Å². The third-order valence-electron chi connectivity index (χ3n) is 1.32. The van der Waals surface area contributed by atoms with Gasteiger partial charge in [-0.1, -0.05) is 6.92 Å². The number of methoxy groups -OCH3 is 1. The van der Waals surface area contributed by atoms with Crippen molar-refractivity contribution >= 4 is 5.97 Å². The van der Waals surface area contributed by atoms with Gasteiger partial charge in [0.25, 0.3) is 0 Å². The summed E-state index contributed by atoms with van der Waals surface area (Å²) >= 11 is 0. The molecule has 0 aromatic carbocycles. The first kappa shape index (κ1) is 9.39. The van der Waals surface area contributed by atoms with E-state index in [2.05, 4.69) is 9.57 Å². The first-order valence-corrected chi connectivity index (χ1v) is 3.15. The second-order valence-corrected chi connectivity index (χ2v) is 1.96. The van der Waals surface area contributed by atoms with Gasteiger partial charge in [-0.2, -0.15) is 0 Å². The Hall–Kier alpha value is -0.610. The normalized spacial score (nSPS) is 12.7. The average molecular weight is 147 g/mol. The monoisotopic (exact) mass is 147 g/mol. The van der Waals surface area contributed by atoms with E-state index in [0.717, 1.165) is 0 Å². The topological polar surface area (TPSA) is 61.5 Å². The van der Waals surface area contributed by atoms with Gasteiger partial charge >= 0.3 is 5.97 Å². The summed E-state index contributed by atoms with van der Waals surface area (Å²) in [6, 6.07) is 0. The Morgan fingerprint density at radius 2 is 2.30 bits per heavy atom. The van der Waals surface area contributed by atoms with E-state index in [4.69, 9.17) is 5.90 Å². The van der Waals surface area contributed by atoms with Gasteiger partial charge in [-0.25, -0.2) is 5.90 Å². The van der Waals surface area contributed by atoms with Crippen LogP contribution < -0.4 is 5.90 Å². The van der Waals surface area contributed by atoms with Gasteiger partial charge in [0.1, 0.15) is 0 Å². The van der Waals surface area contributed by atoms with Crippen LogP contribution in [0.3, 0.4) is 0 Å². The van der Waals surface area contributed by atoms with Crippen molar-refractivity contribution in [2.75, 3.05) is 13.7 Å². The van der Waals surface area contributed by atoms with E-state index in [1.807, 2.05) is 6.92 Å². The van der Waals surface area contributed by atoms with Crippen LogP contribution in [-0.2, 0) is 14.4 Å². The summed E-state index contributed by atoms with van der Waals surface area (Å²) < 4.78 is 4.48. The molecule has 4 nitrogen and oxygen atoms in total. The average Bonchev–Trinajstić information content (AvgIpc) is 1.99. The van der Waals surface area contributed by atoms with Crippen LogP contribution in [0.2, 0.25) is 0 Å². The number of hydrogen-bond donors (Lipinski definition) is 1. The standard InChI is InChI=1S/C6H13NO3/c1-3-5(4-10-7)6(8)9-2/h5H,3-4,7H2,1-2H3. The number of carbonyl (C=O) groups is 1. The first-order chi connectivity index (χ1) is 4.76. The number of esters is 1. The van der Waals surface area contributed by atoms with Gasteiger partial charge in [-0.3, -0.25) is 4.79 Å². The Kier molecular flexibility index (Phi) is 4.88. The molecular formula is C6H13NO3. The van der Waals surface area contributed by atoms with Crippen LogP contribution in [0.25, 0.3) is 0 Å². The second-order valence-electron chi connectivity index (χ2n) is 1.96. The highest BCUT2D eigenvalue weighted by atomic mass is 16.6. The Morgan fingerprint density at radius 3 is 2.60 bits per heavy atom. The molecule has 0 heterocycles. The minimum absolute atomic E-state index is 0.225. The van der Waals surface area contributed by atoms with Crippen molar-refractivity contribution in [2.45, 2.75) is 13.3 Å². The zero-order chi connectivity index (χ0) is 7.98. The summed E-state index contributed by atoms with van der Waals surface area (Å²) in [6.07, 6.45) is 0.684. The van der Waals surface area contributed by atoms with E-state index >= 15 is 0 Å². The Morgan fingerprint density at radius 1 is 1.70 bits per heavy atom. The fraction of sp³-hybridized carbons (Fsp3) is 0.833. The molecule has 10 heavy (non-hydrogen) atoms. The SMILES string of the molecule is CCC(CON)C(=O)OC. The molecule has 0 aliphatic carbocycles. The van der Waals surface area contributed by atoms with Gasteiger partial charge in [0.05, 0.1) is 19.6 Å². The highest BCUT2D eigenvalue weighted by molar-refractivity contribution is 5.72. The summed E-state index contributed by atoms with van der Waals surface area (Å²) in [5, 5.41) is 0. The fourth-order valence-electron chi connectivity index (χ4n) is 0.635. The molecule has 0 aromatic heterocycles. The molecule has 0 saturated heterocycles. The Balaban J connectivity index is 3.68. The van der Waals surface area contributed by atoms with Crippen LogP contribution in [0.4, 0.5) is 0 Å². The quantitative estimate of drug-likeness (QED) is 0.451. The third-order valence-corrected chi connectivity index (χ3v) is 1.32. The molecule has 0 fully saturated rings. The lowest BCUT2D eigenvalue weighted by Gasteiger charge is -2.09. The fourth-order valence-corrected chi connectivity index (χ4v) is 0.635. The van der Waals surface area contributed by atoms with Gasteiger partial charge in [-0.15, -0.1) is 0 Å². The van der Waals surface area contributed by atoms with Crippen molar-refractivity contribution in [3.8, 4) is 0 Å². The van der Waals surface area contributed by atoms with Crippen LogP contribution >= 0.6 is 0 Å². The van der Waals surface area contributed by atoms with E-state index in [1.54, 1.807) is 0 Å². The number of hydrogen-bond acceptors (Lipinski definition) is 4. The van der Waals surface area contributed by atoms with Crippen molar-refractivity contribution in [1.29, 1.82) is 0 Å². The van der Waals surface area contributed by atoms with E-state index < -0.39 is 0 Å². The maximum Gasteiger partial charge on any atom is 0.311 e. The van der Waals surface area contributed by atoms with Crippen molar-refractivity contribution in [1.82, 2.24) is 0 Å². The lowest BCUT2D eigenvalue weighted by molar-refractivity contribution is -0.147. The maximum atomic E-state index is 10.8. The maximum absolute atomic E-state index is 10.8. The van der Waals surface area contributed by atoms with Crippen LogP contribution in [-0.4, -0.2) is 19.7 Å². The summed E-state index contributed by atoms with van der Waals surface area (Å²) in [7, 11) is 1.35. The van der Waals surface area contributed by atoms with Crippen LogP contribution in [0.5, 0.6) is 0 Å². The Bertz CT molecular complexity index is 105. The summed E-state index contributed by atoms with van der Waals surface area (Å²) in [6.45, 7) is 2.10. The number of nitrogens with two attached hydrogens (primary N) is 1. The molecule has 0 spiro atoms. The van der Waals surface area contributed by atoms with E-state index in [9.17, 15) is 4.79 Å². The van der Waals surface area contributed by atoms with E-state index in [1.165, 1.54) is 7.11 Å². The minimum Gasteiger partial charge on any atom is -0.469 e. The molecule has 1 atom stereocenters. The van der Waals surface area contributed by atoms with Crippen molar-refractivity contribution in [2.24, 2.45) is 11.8 Å². The highest BCUT2D eigenvalue weighted by Gasteiger charge is 2.15. The molecule has 0 radical (unpaired) electrons. The van der Waals surface area contributed by atoms with Gasteiger partial charge in [0.15, 0.2) is 0 Å². The zero-order valence-corrected chi connectivity index (χ0v) is 6.29. The summed E-state index contributed by atoms with van der Waals surface area (Å²) in [4.78, 5) is 15.1. The molecular weight excluding hydrogens is 134 g/mol. The molecule has 0 amide bonds. The van der Waals surface area contributed by atoms with Crippen LogP contribution in [0.1, 0.15) is 13.3 Å². The first-order valence-electron chi connectivity index (χ1n) is 3.15. The second kappa shape index (κ2) is 5.20. The third kappa shape index (κ3) is 2.80. The summed E-state index contributed by atoms with van der Waals surface area (Å²) in [5.74, 6) is 4.29. The largest absolute Gasteiger partial charge is 0.469 e. The lowest BCUT2D eigenvalue weighted by atomic mass is 10.1. The number of rotatable bonds is 4. The minimum atomic E-state index is -0.270. The van der Waals surface area contributed by atoms with Crippen molar-refractivity contribution in [3.05, 3.63) is 0 Å². The van der Waals surface area contributed by atoms with Gasteiger partial charge in [0.2, 0.25) is 0 Å². The molecule has 0 rings (SSSR count). The van der Waals surface area contributed by atoms with Gasteiger partial charge < -0.3 is 9.57 Å². The molecule has 0 bridgehead atoms. The van der Waals surface area contributed by atoms with Gasteiger partial charge in [0, 0.05) is 0 Å². The molecule has 0 aliphatic heterocycles. The number of ether oxygens (including phenoxy) is 1. The van der Waals surface area contributed by atoms with Gasteiger partial charge in [-0.05, 0) is 6.42 Å². The molecule has 0 aliphatic rings. The predicted molar refractivity (Wildman–Crippen MR) is 35.9 cm³/mol. The summed E-state index contributed by atoms with van der Waals surface area (Å²) in [5.41, 5.74) is 0. The number of carbonyl (C=O) groups excluding carboxylic acids is 1. The van der Waals surface area contributed by atoms with Crippen molar-refractivity contribution in [3.63, 3.8) is 0 Å². The molecule has 1 unspecified atom stereocenters. The smallest absolute Gasteiger partial charge is 0.311 e.